The normalized spacial score (nSPS) is 13.3. The largest absolute Gasteiger partial charge is 2.00 e. The molecule has 0 radical (unpaired) electrons. The molecule has 0 amide bonds. The third-order valence-corrected chi connectivity index (χ3v) is 4.48. The van der Waals surface area contributed by atoms with Crippen LogP contribution in [0.4, 0.5) is 0 Å². The fourth-order valence-electron chi connectivity index (χ4n) is 1.50. The van der Waals surface area contributed by atoms with Crippen molar-refractivity contribution in [3.63, 3.8) is 0 Å². The Kier molecular flexibility index (Phi) is 19.4. The molecule has 7 heteroatoms. The third kappa shape index (κ3) is 24.3. The van der Waals surface area contributed by atoms with Crippen LogP contribution in [0.2, 0.25) is 0 Å². The zero-order chi connectivity index (χ0) is 28.3. The summed E-state index contributed by atoms with van der Waals surface area (Å²) in [5.41, 5.74) is -1.83. The van der Waals surface area contributed by atoms with Crippen LogP contribution in [0.5, 0.6) is 0 Å². The first kappa shape index (κ1) is 41.0. The van der Waals surface area contributed by atoms with Gasteiger partial charge in [-0.3, -0.25) is 9.59 Å². The topological polar surface area (TPSA) is 86.7 Å². The minimum Gasteiger partial charge on any atom is -0.875 e. The van der Waals surface area contributed by atoms with Crippen molar-refractivity contribution in [2.75, 3.05) is 41.3 Å². The van der Waals surface area contributed by atoms with E-state index >= 15 is 0 Å². The summed E-state index contributed by atoms with van der Waals surface area (Å²) in [6.07, 6.45) is 2.44. The second-order valence-corrected chi connectivity index (χ2v) is 13.4. The van der Waals surface area contributed by atoms with Gasteiger partial charge in [-0.15, -0.1) is 11.5 Å². The Hall–Kier alpha value is -1.17. The summed E-state index contributed by atoms with van der Waals surface area (Å²) in [7, 11) is 8.35. The minimum absolute atomic E-state index is 0. The fraction of sp³-hybridized carbons (Fsp3) is 0.786. The van der Waals surface area contributed by atoms with Crippen LogP contribution in [0.25, 0.3) is 0 Å². The van der Waals surface area contributed by atoms with E-state index in [2.05, 4.69) is 38.0 Å². The molecule has 0 aromatic carbocycles. The molecule has 0 bridgehead atoms. The average Bonchev–Trinajstić information content (AvgIpc) is 2.57. The van der Waals surface area contributed by atoms with E-state index in [1.54, 1.807) is 0 Å². The Morgan fingerprint density at radius 1 is 0.543 bits per heavy atom. The Morgan fingerprint density at radius 2 is 0.743 bits per heavy atom. The molecule has 0 aliphatic rings. The van der Waals surface area contributed by atoms with Gasteiger partial charge in [0.05, 0.1) is 0 Å². The Labute approximate surface area is 227 Å². The maximum absolute atomic E-state index is 11.4. The van der Waals surface area contributed by atoms with Crippen molar-refractivity contribution in [2.45, 2.75) is 83.1 Å². The molecule has 0 heterocycles. The Bertz CT molecular complexity index is 622. The van der Waals surface area contributed by atoms with Gasteiger partial charge in [0, 0.05) is 23.9 Å². The van der Waals surface area contributed by atoms with Gasteiger partial charge in [-0.1, -0.05) is 83.1 Å². The molecule has 0 spiro atoms. The maximum Gasteiger partial charge on any atom is 2.00 e. The summed E-state index contributed by atoms with van der Waals surface area (Å²) in [6.45, 7) is 24.0. The number of rotatable bonds is 5. The molecule has 0 unspecified atom stereocenters. The third-order valence-electron chi connectivity index (χ3n) is 4.48. The van der Waals surface area contributed by atoms with Crippen LogP contribution < -0.4 is 10.2 Å². The molecule has 0 aliphatic heterocycles. The van der Waals surface area contributed by atoms with E-state index in [0.717, 1.165) is 13.1 Å². The van der Waals surface area contributed by atoms with E-state index in [-0.39, 0.29) is 39.6 Å². The SMILES string of the molecule is CC(C)(C)C(=O)/C=C(\[O-])C(C)(C)C.CC(C)(C)C(=O)/C=C(\[O-])C(C)(C)C.CN(C)CCN(C)C.[Ni+2]. The van der Waals surface area contributed by atoms with Gasteiger partial charge in [-0.25, -0.2) is 0 Å². The first-order valence-electron chi connectivity index (χ1n) is 11.9. The molecule has 0 atom stereocenters. The first-order chi connectivity index (χ1) is 14.7. The minimum atomic E-state index is -0.457. The summed E-state index contributed by atoms with van der Waals surface area (Å²) in [5.74, 6) is -0.417. The number of allylic oxidation sites excluding steroid dienone is 4. The monoisotopic (exact) mass is 540 g/mol. The zero-order valence-electron chi connectivity index (χ0n) is 25.4. The molecule has 0 fully saturated rings. The van der Waals surface area contributed by atoms with Crippen molar-refractivity contribution in [3.8, 4) is 0 Å². The van der Waals surface area contributed by atoms with E-state index < -0.39 is 21.7 Å². The number of likely N-dealkylation sites (N-methyl/N-ethyl adjacent to an activating group) is 2. The van der Waals surface area contributed by atoms with Crippen LogP contribution in [0.15, 0.2) is 23.7 Å². The molecule has 0 aromatic rings. The summed E-state index contributed by atoms with van der Waals surface area (Å²) in [4.78, 5) is 27.3. The number of carbonyl (C=O) groups excluding carboxylic acids is 2. The predicted octanol–water partition coefficient (Wildman–Crippen LogP) is 3.89. The molecular formula is C28H54N2NiO4. The van der Waals surface area contributed by atoms with Crippen LogP contribution in [0.3, 0.4) is 0 Å². The average molecular weight is 541 g/mol. The van der Waals surface area contributed by atoms with Gasteiger partial charge in [-0.2, -0.15) is 0 Å². The second kappa shape index (κ2) is 16.6. The standard InChI is InChI=1S/2C11H20O2.C6H16N2.Ni/c2*1-10(2,3)8(12)7-9(13)11(4,5)6;1-7(2)5-6-8(3)4;/h2*7,12H,1-6H3;5-6H2,1-4H3;/q;;;+2/p-2/b2*8-7-;;. The molecule has 0 rings (SSSR count). The zero-order valence-corrected chi connectivity index (χ0v) is 26.4. The van der Waals surface area contributed by atoms with Gasteiger partial charge in [-0.05, 0) is 51.2 Å². The Morgan fingerprint density at radius 3 is 0.857 bits per heavy atom. The van der Waals surface area contributed by atoms with E-state index in [4.69, 9.17) is 0 Å². The number of hydrogen-bond acceptors (Lipinski definition) is 6. The second-order valence-electron chi connectivity index (χ2n) is 13.4. The summed E-state index contributed by atoms with van der Waals surface area (Å²) < 4.78 is 0. The molecule has 0 saturated carbocycles. The number of carbonyl (C=O) groups is 2. The molecular weight excluding hydrogens is 487 g/mol. The smallest absolute Gasteiger partial charge is 0.875 e. The molecule has 6 nitrogen and oxygen atoms in total. The van der Waals surface area contributed by atoms with E-state index in [9.17, 15) is 19.8 Å². The van der Waals surface area contributed by atoms with E-state index in [1.165, 1.54) is 12.2 Å². The van der Waals surface area contributed by atoms with Crippen molar-refractivity contribution in [1.82, 2.24) is 9.80 Å². The quantitative estimate of drug-likeness (QED) is 0.298. The van der Waals surface area contributed by atoms with Crippen LogP contribution in [-0.4, -0.2) is 62.6 Å². The summed E-state index contributed by atoms with van der Waals surface area (Å²) in [6, 6.07) is 0. The van der Waals surface area contributed by atoms with Gasteiger partial charge in [0.2, 0.25) is 0 Å². The molecule has 35 heavy (non-hydrogen) atoms. The fourth-order valence-corrected chi connectivity index (χ4v) is 1.50. The summed E-state index contributed by atoms with van der Waals surface area (Å²) >= 11 is 0. The molecule has 0 aliphatic carbocycles. The summed E-state index contributed by atoms with van der Waals surface area (Å²) in [5, 5.41) is 22.9. The van der Waals surface area contributed by atoms with Gasteiger partial charge >= 0.3 is 16.5 Å². The number of hydrogen-bond donors (Lipinski definition) is 0. The Balaban J connectivity index is -0.000000209. The van der Waals surface area contributed by atoms with Crippen LogP contribution in [-0.2, 0) is 26.1 Å². The maximum atomic E-state index is 11.4. The van der Waals surface area contributed by atoms with Gasteiger partial charge < -0.3 is 20.0 Å². The molecule has 0 N–H and O–H groups in total. The van der Waals surface area contributed by atoms with Crippen molar-refractivity contribution < 1.29 is 36.3 Å². The van der Waals surface area contributed by atoms with E-state index in [1.807, 2.05) is 83.1 Å². The van der Waals surface area contributed by atoms with Crippen molar-refractivity contribution in [2.24, 2.45) is 21.7 Å². The molecule has 0 saturated heterocycles. The molecule has 0 aromatic heterocycles. The van der Waals surface area contributed by atoms with Crippen molar-refractivity contribution in [1.29, 1.82) is 0 Å². The van der Waals surface area contributed by atoms with Gasteiger partial charge in [0.25, 0.3) is 0 Å². The van der Waals surface area contributed by atoms with Crippen molar-refractivity contribution >= 4 is 11.6 Å². The van der Waals surface area contributed by atoms with Gasteiger partial charge in [0.15, 0.2) is 11.6 Å². The van der Waals surface area contributed by atoms with Crippen LogP contribution >= 0.6 is 0 Å². The molecule has 210 valence electrons. The first-order valence-corrected chi connectivity index (χ1v) is 11.9. The van der Waals surface area contributed by atoms with Crippen molar-refractivity contribution in [3.05, 3.63) is 23.7 Å². The van der Waals surface area contributed by atoms with E-state index in [0.29, 0.717) is 0 Å². The van der Waals surface area contributed by atoms with Crippen LogP contribution in [0.1, 0.15) is 83.1 Å². The van der Waals surface area contributed by atoms with Crippen LogP contribution in [0, 0.1) is 21.7 Å². The number of nitrogens with zero attached hydrogens (tertiary/aromatic N) is 2. The van der Waals surface area contributed by atoms with Gasteiger partial charge in [0.1, 0.15) is 0 Å². The number of ketones is 2. The predicted molar refractivity (Wildman–Crippen MR) is 141 cm³/mol.